The third-order valence-corrected chi connectivity index (χ3v) is 4.22. The van der Waals surface area contributed by atoms with Gasteiger partial charge in [-0.3, -0.25) is 4.79 Å². The summed E-state index contributed by atoms with van der Waals surface area (Å²) < 4.78 is 0. The van der Waals surface area contributed by atoms with Crippen molar-refractivity contribution in [1.82, 2.24) is 5.32 Å². The smallest absolute Gasteiger partial charge is 0.330 e. The number of nitrogens with one attached hydrogen (secondary N) is 1. The molecule has 1 amide bonds. The van der Waals surface area contributed by atoms with E-state index < -0.39 is 12.0 Å². The number of nitrogens with two attached hydrogens (primary N) is 1. The van der Waals surface area contributed by atoms with Crippen LogP contribution >= 0.6 is 0 Å². The lowest BCUT2D eigenvalue weighted by Crippen LogP contribution is -2.39. The highest BCUT2D eigenvalue weighted by atomic mass is 16.4. The molecule has 0 bridgehead atoms. The van der Waals surface area contributed by atoms with E-state index in [0.717, 1.165) is 25.7 Å². The molecule has 0 unspecified atom stereocenters. The molecule has 4 N–H and O–H groups in total. The molecule has 1 fully saturated rings. The molecule has 5 nitrogen and oxygen atoms in total. The Hall–Kier alpha value is -1.88. The summed E-state index contributed by atoms with van der Waals surface area (Å²) in [7, 11) is 0. The van der Waals surface area contributed by atoms with Crippen molar-refractivity contribution in [1.29, 1.82) is 0 Å². The minimum Gasteiger partial charge on any atom is -0.479 e. The summed E-state index contributed by atoms with van der Waals surface area (Å²) in [4.78, 5) is 23.7. The van der Waals surface area contributed by atoms with Gasteiger partial charge in [0.1, 0.15) is 0 Å². The minimum atomic E-state index is -1.04. The van der Waals surface area contributed by atoms with E-state index in [1.807, 2.05) is 6.07 Å². The summed E-state index contributed by atoms with van der Waals surface area (Å²) in [5.41, 5.74) is 6.23. The first-order valence-corrected chi connectivity index (χ1v) is 7.40. The maximum atomic E-state index is 12.3. The molecule has 0 aliphatic heterocycles. The average molecular weight is 290 g/mol. The topological polar surface area (TPSA) is 92.4 Å². The lowest BCUT2D eigenvalue weighted by atomic mass is 9.81. The Morgan fingerprint density at radius 1 is 1.19 bits per heavy atom. The van der Waals surface area contributed by atoms with E-state index in [2.05, 4.69) is 5.32 Å². The van der Waals surface area contributed by atoms with Crippen molar-refractivity contribution in [2.75, 3.05) is 6.54 Å². The fourth-order valence-electron chi connectivity index (χ4n) is 2.85. The van der Waals surface area contributed by atoms with Crippen LogP contribution in [-0.2, 0) is 9.59 Å². The Morgan fingerprint density at radius 3 is 2.33 bits per heavy atom. The van der Waals surface area contributed by atoms with Crippen molar-refractivity contribution >= 4 is 11.9 Å². The van der Waals surface area contributed by atoms with Crippen LogP contribution in [-0.4, -0.2) is 23.5 Å². The zero-order chi connectivity index (χ0) is 15.2. The standard InChI is InChI=1S/C16H22N2O3/c17-10-11-6-8-13(9-7-11)15(19)18-14(16(20)21)12-4-2-1-3-5-12/h1-5,11,13-14H,6-10,17H2,(H,18,19)(H,20,21)/t11?,13?,14-/m1/s1. The van der Waals surface area contributed by atoms with Gasteiger partial charge in [0, 0.05) is 5.92 Å². The SMILES string of the molecule is NCC1CCC(C(=O)N[C@@H](C(=O)O)c2ccccc2)CC1. The lowest BCUT2D eigenvalue weighted by Gasteiger charge is -2.27. The Kier molecular flexibility index (Phi) is 5.33. The van der Waals surface area contributed by atoms with Gasteiger partial charge in [-0.2, -0.15) is 0 Å². The molecular weight excluding hydrogens is 268 g/mol. The van der Waals surface area contributed by atoms with Gasteiger partial charge in [-0.1, -0.05) is 30.3 Å². The van der Waals surface area contributed by atoms with Gasteiger partial charge in [-0.05, 0) is 43.7 Å². The second-order valence-electron chi connectivity index (χ2n) is 5.64. The first kappa shape index (κ1) is 15.5. The van der Waals surface area contributed by atoms with E-state index in [1.165, 1.54) is 0 Å². The molecule has 5 heteroatoms. The quantitative estimate of drug-likeness (QED) is 0.769. The summed E-state index contributed by atoms with van der Waals surface area (Å²) >= 11 is 0. The zero-order valence-electron chi connectivity index (χ0n) is 12.0. The molecule has 21 heavy (non-hydrogen) atoms. The second kappa shape index (κ2) is 7.22. The number of benzene rings is 1. The van der Waals surface area contributed by atoms with Crippen molar-refractivity contribution < 1.29 is 14.7 Å². The van der Waals surface area contributed by atoms with Crippen LogP contribution in [0.15, 0.2) is 30.3 Å². The number of carbonyl (C=O) groups is 2. The van der Waals surface area contributed by atoms with Gasteiger partial charge >= 0.3 is 5.97 Å². The maximum absolute atomic E-state index is 12.3. The van der Waals surface area contributed by atoms with Crippen LogP contribution in [0.25, 0.3) is 0 Å². The van der Waals surface area contributed by atoms with Gasteiger partial charge < -0.3 is 16.2 Å². The molecule has 1 aliphatic carbocycles. The molecule has 114 valence electrons. The van der Waals surface area contributed by atoms with Crippen LogP contribution in [0.5, 0.6) is 0 Å². The largest absolute Gasteiger partial charge is 0.479 e. The van der Waals surface area contributed by atoms with Crippen molar-refractivity contribution in [3.63, 3.8) is 0 Å². The highest BCUT2D eigenvalue weighted by Gasteiger charge is 2.29. The van der Waals surface area contributed by atoms with Gasteiger partial charge in [0.05, 0.1) is 0 Å². The normalized spacial score (nSPS) is 23.3. The van der Waals surface area contributed by atoms with Crippen LogP contribution in [0, 0.1) is 11.8 Å². The van der Waals surface area contributed by atoms with Crippen LogP contribution in [0.4, 0.5) is 0 Å². The molecule has 1 atom stereocenters. The number of amides is 1. The third kappa shape index (κ3) is 4.04. The molecule has 2 rings (SSSR count). The maximum Gasteiger partial charge on any atom is 0.330 e. The molecule has 0 saturated heterocycles. The average Bonchev–Trinajstić information content (AvgIpc) is 2.53. The minimum absolute atomic E-state index is 0.0987. The van der Waals surface area contributed by atoms with Crippen molar-refractivity contribution in [3.8, 4) is 0 Å². The van der Waals surface area contributed by atoms with E-state index in [9.17, 15) is 14.7 Å². The van der Waals surface area contributed by atoms with Gasteiger partial charge in [0.2, 0.25) is 5.91 Å². The Bertz CT molecular complexity index is 482. The number of hydrogen-bond acceptors (Lipinski definition) is 3. The van der Waals surface area contributed by atoms with Crippen molar-refractivity contribution in [3.05, 3.63) is 35.9 Å². The summed E-state index contributed by atoms with van der Waals surface area (Å²) in [5.74, 6) is -0.802. The molecule has 0 radical (unpaired) electrons. The van der Waals surface area contributed by atoms with Crippen LogP contribution in [0.2, 0.25) is 0 Å². The second-order valence-corrected chi connectivity index (χ2v) is 5.64. The molecule has 0 heterocycles. The molecule has 1 aromatic rings. The van der Waals surface area contributed by atoms with E-state index in [4.69, 9.17) is 5.73 Å². The molecule has 0 spiro atoms. The summed E-state index contributed by atoms with van der Waals surface area (Å²) in [5, 5.41) is 12.0. The van der Waals surface area contributed by atoms with Gasteiger partial charge in [-0.15, -0.1) is 0 Å². The Balaban J connectivity index is 1.98. The zero-order valence-corrected chi connectivity index (χ0v) is 12.0. The number of carbonyl (C=O) groups excluding carboxylic acids is 1. The van der Waals surface area contributed by atoms with E-state index in [0.29, 0.717) is 18.0 Å². The third-order valence-electron chi connectivity index (χ3n) is 4.22. The predicted molar refractivity (Wildman–Crippen MR) is 79.5 cm³/mol. The van der Waals surface area contributed by atoms with E-state index in [1.54, 1.807) is 24.3 Å². The highest BCUT2D eigenvalue weighted by molar-refractivity contribution is 5.85. The number of hydrogen-bond donors (Lipinski definition) is 3. The van der Waals surface area contributed by atoms with Crippen LogP contribution < -0.4 is 11.1 Å². The Morgan fingerprint density at radius 2 is 1.81 bits per heavy atom. The van der Waals surface area contributed by atoms with Gasteiger partial charge in [0.15, 0.2) is 6.04 Å². The molecule has 1 aliphatic rings. The molecule has 1 saturated carbocycles. The van der Waals surface area contributed by atoms with Gasteiger partial charge in [-0.25, -0.2) is 4.79 Å². The van der Waals surface area contributed by atoms with E-state index >= 15 is 0 Å². The number of carboxylic acid groups (broad SMARTS) is 1. The molecule has 0 aromatic heterocycles. The summed E-state index contributed by atoms with van der Waals surface area (Å²) in [6, 6.07) is 7.80. The first-order valence-electron chi connectivity index (χ1n) is 7.40. The fraction of sp³-hybridized carbons (Fsp3) is 0.500. The molecular formula is C16H22N2O3. The van der Waals surface area contributed by atoms with Crippen molar-refractivity contribution in [2.45, 2.75) is 31.7 Å². The van der Waals surface area contributed by atoms with Gasteiger partial charge in [0.25, 0.3) is 0 Å². The van der Waals surface area contributed by atoms with Crippen LogP contribution in [0.3, 0.4) is 0 Å². The number of rotatable bonds is 5. The Labute approximate surface area is 124 Å². The van der Waals surface area contributed by atoms with Crippen LogP contribution in [0.1, 0.15) is 37.3 Å². The first-order chi connectivity index (χ1) is 10.1. The van der Waals surface area contributed by atoms with Crippen molar-refractivity contribution in [2.24, 2.45) is 17.6 Å². The number of aliphatic carboxylic acids is 1. The highest BCUT2D eigenvalue weighted by Crippen LogP contribution is 2.28. The molecule has 1 aromatic carbocycles. The lowest BCUT2D eigenvalue weighted by molar-refractivity contribution is -0.143. The van der Waals surface area contributed by atoms with E-state index in [-0.39, 0.29) is 11.8 Å². The summed E-state index contributed by atoms with van der Waals surface area (Å²) in [6.07, 6.45) is 3.46. The number of carboxylic acids is 1. The predicted octanol–water partition coefficient (Wildman–Crippen LogP) is 1.69. The monoisotopic (exact) mass is 290 g/mol. The fourth-order valence-corrected chi connectivity index (χ4v) is 2.85. The summed E-state index contributed by atoms with van der Waals surface area (Å²) in [6.45, 7) is 0.663.